The molecule has 0 aliphatic rings. The third-order valence-electron chi connectivity index (χ3n) is 2.65. The van der Waals surface area contributed by atoms with Crippen LogP contribution in [0.15, 0.2) is 11.4 Å². The third kappa shape index (κ3) is 6.41. The Bertz CT molecular complexity index is 338. The van der Waals surface area contributed by atoms with Gasteiger partial charge in [0.1, 0.15) is 0 Å². The molecule has 0 radical (unpaired) electrons. The first-order chi connectivity index (χ1) is 8.24. The molecule has 0 saturated heterocycles. The van der Waals surface area contributed by atoms with Gasteiger partial charge in [0, 0.05) is 11.9 Å². The molecule has 1 rings (SSSR count). The fourth-order valence-electron chi connectivity index (χ4n) is 1.64. The van der Waals surface area contributed by atoms with Crippen molar-refractivity contribution in [2.24, 2.45) is 0 Å². The highest BCUT2D eigenvalue weighted by molar-refractivity contribution is 14.1. The van der Waals surface area contributed by atoms with Crippen LogP contribution in [0.4, 0.5) is 0 Å². The van der Waals surface area contributed by atoms with Gasteiger partial charge >= 0.3 is 0 Å². The Hall–Kier alpha value is -0.100. The first-order valence-corrected chi connectivity index (χ1v) is 8.22. The van der Waals surface area contributed by atoms with Crippen molar-refractivity contribution in [2.45, 2.75) is 45.4 Å². The molecule has 0 saturated carbocycles. The van der Waals surface area contributed by atoms with E-state index < -0.39 is 0 Å². The number of carbonyl (C=O) groups excluding carboxylic acids is 1. The number of nitrogens with one attached hydrogen (secondary N) is 1. The van der Waals surface area contributed by atoms with Gasteiger partial charge in [-0.1, -0.05) is 39.0 Å². The highest BCUT2D eigenvalue weighted by Crippen LogP contribution is 2.16. The maximum atomic E-state index is 11.7. The standard InChI is InChI=1S/C13H20INOS/c1-2-3-4-5-6-7-8-15-13(16)11-9-12(14)17-10-11/h9-10H,2-8H2,1H3,(H,15,16). The number of unbranched alkanes of at least 4 members (excludes halogenated alkanes) is 5. The summed E-state index contributed by atoms with van der Waals surface area (Å²) in [6.07, 6.45) is 7.55. The molecule has 1 amide bonds. The summed E-state index contributed by atoms with van der Waals surface area (Å²) in [4.78, 5) is 11.7. The van der Waals surface area contributed by atoms with Gasteiger partial charge in [0.05, 0.1) is 8.45 Å². The van der Waals surface area contributed by atoms with Crippen LogP contribution in [0.5, 0.6) is 0 Å². The summed E-state index contributed by atoms with van der Waals surface area (Å²) >= 11 is 3.85. The SMILES string of the molecule is CCCCCCCCNC(=O)c1csc(I)c1. The van der Waals surface area contributed by atoms with Crippen molar-refractivity contribution in [3.63, 3.8) is 0 Å². The molecule has 2 nitrogen and oxygen atoms in total. The number of hydrogen-bond donors (Lipinski definition) is 1. The van der Waals surface area contributed by atoms with E-state index in [1.807, 2.05) is 11.4 Å². The fourth-order valence-corrected chi connectivity index (χ4v) is 2.96. The van der Waals surface area contributed by atoms with Crippen molar-refractivity contribution in [1.82, 2.24) is 5.32 Å². The molecule has 0 atom stereocenters. The van der Waals surface area contributed by atoms with Crippen LogP contribution in [-0.2, 0) is 0 Å². The summed E-state index contributed by atoms with van der Waals surface area (Å²) in [6, 6.07) is 1.93. The molecule has 1 aromatic heterocycles. The van der Waals surface area contributed by atoms with Crippen molar-refractivity contribution < 1.29 is 4.79 Å². The average Bonchev–Trinajstić information content (AvgIpc) is 2.74. The number of halogens is 1. The molecule has 1 N–H and O–H groups in total. The Morgan fingerprint density at radius 3 is 2.65 bits per heavy atom. The Morgan fingerprint density at radius 1 is 1.29 bits per heavy atom. The molecule has 96 valence electrons. The van der Waals surface area contributed by atoms with Gasteiger partial charge in [0.15, 0.2) is 0 Å². The van der Waals surface area contributed by atoms with Gasteiger partial charge in [-0.15, -0.1) is 11.3 Å². The second-order valence-corrected chi connectivity index (χ2v) is 6.97. The predicted molar refractivity (Wildman–Crippen MR) is 82.7 cm³/mol. The van der Waals surface area contributed by atoms with E-state index in [-0.39, 0.29) is 5.91 Å². The molecular weight excluding hydrogens is 345 g/mol. The third-order valence-corrected chi connectivity index (χ3v) is 4.43. The van der Waals surface area contributed by atoms with Crippen LogP contribution >= 0.6 is 33.9 Å². The lowest BCUT2D eigenvalue weighted by Crippen LogP contribution is -2.23. The summed E-state index contributed by atoms with van der Waals surface area (Å²) < 4.78 is 1.16. The van der Waals surface area contributed by atoms with Gasteiger partial charge in [-0.2, -0.15) is 0 Å². The number of carbonyl (C=O) groups is 1. The molecule has 17 heavy (non-hydrogen) atoms. The average molecular weight is 365 g/mol. The molecule has 1 aromatic rings. The molecule has 4 heteroatoms. The highest BCUT2D eigenvalue weighted by atomic mass is 127. The molecule has 0 spiro atoms. The zero-order chi connectivity index (χ0) is 12.5. The van der Waals surface area contributed by atoms with Gasteiger partial charge < -0.3 is 5.32 Å². The monoisotopic (exact) mass is 365 g/mol. The van der Waals surface area contributed by atoms with Crippen LogP contribution in [0, 0.1) is 2.88 Å². The van der Waals surface area contributed by atoms with Crippen molar-refractivity contribution in [1.29, 1.82) is 0 Å². The molecule has 1 heterocycles. The van der Waals surface area contributed by atoms with Gasteiger partial charge in [0.25, 0.3) is 5.91 Å². The summed E-state index contributed by atoms with van der Waals surface area (Å²) in [6.45, 7) is 3.03. The molecule has 0 fully saturated rings. The van der Waals surface area contributed by atoms with E-state index in [1.165, 1.54) is 32.1 Å². The van der Waals surface area contributed by atoms with E-state index >= 15 is 0 Å². The smallest absolute Gasteiger partial charge is 0.252 e. The van der Waals surface area contributed by atoms with Crippen molar-refractivity contribution in [2.75, 3.05) is 6.54 Å². The van der Waals surface area contributed by atoms with Crippen LogP contribution in [0.3, 0.4) is 0 Å². The van der Waals surface area contributed by atoms with Gasteiger partial charge in [-0.05, 0) is 35.1 Å². The first kappa shape index (κ1) is 15.0. The number of hydrogen-bond acceptors (Lipinski definition) is 2. The highest BCUT2D eigenvalue weighted by Gasteiger charge is 2.06. The van der Waals surface area contributed by atoms with Gasteiger partial charge in [-0.3, -0.25) is 4.79 Å². The molecule has 0 bridgehead atoms. The van der Waals surface area contributed by atoms with Crippen LogP contribution in [0.2, 0.25) is 0 Å². The summed E-state index contributed by atoms with van der Waals surface area (Å²) in [5, 5.41) is 4.88. The normalized spacial score (nSPS) is 10.5. The van der Waals surface area contributed by atoms with E-state index in [9.17, 15) is 4.79 Å². The first-order valence-electron chi connectivity index (χ1n) is 6.26. The van der Waals surface area contributed by atoms with Crippen LogP contribution in [0.1, 0.15) is 55.8 Å². The van der Waals surface area contributed by atoms with E-state index in [2.05, 4.69) is 34.8 Å². The lowest BCUT2D eigenvalue weighted by Gasteiger charge is -2.03. The second-order valence-electron chi connectivity index (χ2n) is 4.16. The van der Waals surface area contributed by atoms with E-state index in [0.29, 0.717) is 0 Å². The largest absolute Gasteiger partial charge is 0.352 e. The second kappa shape index (κ2) is 8.91. The molecule has 0 unspecified atom stereocenters. The van der Waals surface area contributed by atoms with E-state index in [1.54, 1.807) is 11.3 Å². The van der Waals surface area contributed by atoms with Gasteiger partial charge in [0.2, 0.25) is 0 Å². The maximum Gasteiger partial charge on any atom is 0.252 e. The Kier molecular flexibility index (Phi) is 7.84. The zero-order valence-electron chi connectivity index (χ0n) is 10.3. The number of thiophene rings is 1. The van der Waals surface area contributed by atoms with Crippen LogP contribution in [-0.4, -0.2) is 12.5 Å². The molecule has 0 aromatic carbocycles. The van der Waals surface area contributed by atoms with E-state index in [0.717, 1.165) is 21.4 Å². The minimum atomic E-state index is 0.0673. The quantitative estimate of drug-likeness (QED) is 0.536. The van der Waals surface area contributed by atoms with E-state index in [4.69, 9.17) is 0 Å². The predicted octanol–water partition coefficient (Wildman–Crippen LogP) is 4.44. The minimum Gasteiger partial charge on any atom is -0.352 e. The number of amides is 1. The Morgan fingerprint density at radius 2 is 2.00 bits per heavy atom. The molecule has 0 aliphatic heterocycles. The van der Waals surface area contributed by atoms with Crippen LogP contribution < -0.4 is 5.32 Å². The lowest BCUT2D eigenvalue weighted by molar-refractivity contribution is 0.0953. The summed E-state index contributed by atoms with van der Waals surface area (Å²) in [5.41, 5.74) is 0.797. The number of rotatable bonds is 8. The molecule has 0 aliphatic carbocycles. The van der Waals surface area contributed by atoms with Crippen molar-refractivity contribution >= 4 is 39.8 Å². The van der Waals surface area contributed by atoms with Gasteiger partial charge in [-0.25, -0.2) is 0 Å². The van der Waals surface area contributed by atoms with Crippen molar-refractivity contribution in [3.8, 4) is 0 Å². The fraction of sp³-hybridized carbons (Fsp3) is 0.615. The Balaban J connectivity index is 2.05. The van der Waals surface area contributed by atoms with Crippen molar-refractivity contribution in [3.05, 3.63) is 19.9 Å². The zero-order valence-corrected chi connectivity index (χ0v) is 13.3. The van der Waals surface area contributed by atoms with Crippen LogP contribution in [0.25, 0.3) is 0 Å². The summed E-state index contributed by atoms with van der Waals surface area (Å²) in [7, 11) is 0. The Labute approximate surface area is 121 Å². The summed E-state index contributed by atoms with van der Waals surface area (Å²) in [5.74, 6) is 0.0673. The maximum absolute atomic E-state index is 11.7. The molecular formula is C13H20INOS. The topological polar surface area (TPSA) is 29.1 Å². The minimum absolute atomic E-state index is 0.0673. The lowest BCUT2D eigenvalue weighted by atomic mass is 10.1.